The molecular formula is C18H23N5O2. The van der Waals surface area contributed by atoms with Gasteiger partial charge in [-0.3, -0.25) is 14.7 Å². The van der Waals surface area contributed by atoms with Gasteiger partial charge in [-0.05, 0) is 49.5 Å². The van der Waals surface area contributed by atoms with Crippen molar-refractivity contribution in [2.24, 2.45) is 11.8 Å². The van der Waals surface area contributed by atoms with Gasteiger partial charge >= 0.3 is 0 Å². The number of pyridine rings is 1. The number of piperidine rings is 1. The summed E-state index contributed by atoms with van der Waals surface area (Å²) < 4.78 is 5.68. The van der Waals surface area contributed by atoms with E-state index in [1.807, 2.05) is 12.4 Å². The molecule has 4 heterocycles. The number of nitrogens with zero attached hydrogens (tertiary/aromatic N) is 4. The van der Waals surface area contributed by atoms with Crippen LogP contribution in [0.4, 0.5) is 0 Å². The largest absolute Gasteiger partial charge is 0.425 e. The number of nitrogens with one attached hydrogen (secondary N) is 1. The fourth-order valence-electron chi connectivity index (χ4n) is 4.12. The Labute approximate surface area is 146 Å². The van der Waals surface area contributed by atoms with Crippen LogP contribution in [-0.2, 0) is 11.3 Å². The first-order valence-corrected chi connectivity index (χ1v) is 8.89. The number of fused-ring (bicyclic) bond motifs is 1. The van der Waals surface area contributed by atoms with E-state index in [9.17, 15) is 4.79 Å². The summed E-state index contributed by atoms with van der Waals surface area (Å²) in [7, 11) is 0. The first kappa shape index (κ1) is 16.2. The predicted molar refractivity (Wildman–Crippen MR) is 90.5 cm³/mol. The van der Waals surface area contributed by atoms with Gasteiger partial charge in [-0.25, -0.2) is 0 Å². The second-order valence-electron chi connectivity index (χ2n) is 6.99. The van der Waals surface area contributed by atoms with Crippen LogP contribution in [0.15, 0.2) is 28.9 Å². The molecule has 132 valence electrons. The number of hydrogen-bond acceptors (Lipinski definition) is 6. The Kier molecular flexibility index (Phi) is 4.48. The number of rotatable bonds is 3. The van der Waals surface area contributed by atoms with Gasteiger partial charge in [0.1, 0.15) is 0 Å². The summed E-state index contributed by atoms with van der Waals surface area (Å²) in [6.07, 6.45) is 5.49. The summed E-state index contributed by atoms with van der Waals surface area (Å²) in [5, 5.41) is 11.2. The second-order valence-corrected chi connectivity index (χ2v) is 6.99. The molecule has 1 N–H and O–H groups in total. The van der Waals surface area contributed by atoms with Gasteiger partial charge < -0.3 is 9.73 Å². The first-order chi connectivity index (χ1) is 12.2. The monoisotopic (exact) mass is 341 g/mol. The Balaban J connectivity index is 1.50. The lowest BCUT2D eigenvalue weighted by molar-refractivity contribution is -0.129. The van der Waals surface area contributed by atoms with Gasteiger partial charge in [0.15, 0.2) is 0 Å². The van der Waals surface area contributed by atoms with Gasteiger partial charge in [-0.1, -0.05) is 0 Å². The van der Waals surface area contributed by atoms with E-state index in [1.165, 1.54) is 5.56 Å². The van der Waals surface area contributed by atoms with Crippen molar-refractivity contribution in [3.8, 4) is 0 Å². The quantitative estimate of drug-likeness (QED) is 0.911. The number of aryl methyl sites for hydroxylation is 1. The van der Waals surface area contributed by atoms with Crippen LogP contribution in [0, 0.1) is 18.8 Å². The van der Waals surface area contributed by atoms with Crippen molar-refractivity contribution < 1.29 is 9.21 Å². The molecule has 0 unspecified atom stereocenters. The van der Waals surface area contributed by atoms with Crippen LogP contribution < -0.4 is 5.32 Å². The summed E-state index contributed by atoms with van der Waals surface area (Å²) >= 11 is 0. The van der Waals surface area contributed by atoms with Gasteiger partial charge in [0.2, 0.25) is 17.7 Å². The van der Waals surface area contributed by atoms with E-state index in [2.05, 4.69) is 37.5 Å². The summed E-state index contributed by atoms with van der Waals surface area (Å²) in [4.78, 5) is 18.9. The Morgan fingerprint density at radius 2 is 2.00 bits per heavy atom. The van der Waals surface area contributed by atoms with Gasteiger partial charge in [0.25, 0.3) is 0 Å². The number of carbonyl (C=O) groups is 1. The molecule has 1 amide bonds. The highest BCUT2D eigenvalue weighted by molar-refractivity contribution is 5.80. The Hall–Kier alpha value is -2.28. The molecule has 4 rings (SSSR count). The normalized spacial score (nSPS) is 27.4. The molecule has 3 atom stereocenters. The molecule has 0 aromatic carbocycles. The molecule has 0 saturated carbocycles. The van der Waals surface area contributed by atoms with E-state index in [1.54, 1.807) is 6.92 Å². The van der Waals surface area contributed by atoms with Crippen molar-refractivity contribution in [3.05, 3.63) is 41.9 Å². The predicted octanol–water partition coefficient (Wildman–Crippen LogP) is 1.51. The van der Waals surface area contributed by atoms with Gasteiger partial charge in [0.05, 0.1) is 5.92 Å². The highest BCUT2D eigenvalue weighted by atomic mass is 16.4. The zero-order valence-electron chi connectivity index (χ0n) is 14.4. The van der Waals surface area contributed by atoms with Crippen molar-refractivity contribution in [1.82, 2.24) is 25.4 Å². The smallest absolute Gasteiger partial charge is 0.223 e. The molecule has 0 spiro atoms. The maximum absolute atomic E-state index is 12.4. The number of likely N-dealkylation sites (tertiary alicyclic amines) is 1. The molecular weight excluding hydrogens is 318 g/mol. The number of hydrogen-bond donors (Lipinski definition) is 1. The van der Waals surface area contributed by atoms with Crippen LogP contribution >= 0.6 is 0 Å². The van der Waals surface area contributed by atoms with E-state index >= 15 is 0 Å². The van der Waals surface area contributed by atoms with Crippen LogP contribution in [0.25, 0.3) is 0 Å². The SMILES string of the molecule is Cc1nnc([C@@H]2CNC(=O)[C@@H]3CCN(Cc4ccncc4)CC[C@@H]32)o1. The van der Waals surface area contributed by atoms with Gasteiger partial charge in [-0.15, -0.1) is 10.2 Å². The van der Waals surface area contributed by atoms with Crippen molar-refractivity contribution in [3.63, 3.8) is 0 Å². The third-order valence-corrected chi connectivity index (χ3v) is 5.42. The van der Waals surface area contributed by atoms with Gasteiger partial charge in [-0.2, -0.15) is 0 Å². The topological polar surface area (TPSA) is 84.2 Å². The van der Waals surface area contributed by atoms with E-state index in [-0.39, 0.29) is 23.7 Å². The second kappa shape index (κ2) is 6.92. The average molecular weight is 341 g/mol. The molecule has 0 bridgehead atoms. The number of aromatic nitrogens is 3. The highest BCUT2D eigenvalue weighted by Gasteiger charge is 2.42. The Bertz CT molecular complexity index is 732. The van der Waals surface area contributed by atoms with Crippen LogP contribution in [0.5, 0.6) is 0 Å². The van der Waals surface area contributed by atoms with E-state index in [0.29, 0.717) is 18.3 Å². The first-order valence-electron chi connectivity index (χ1n) is 8.89. The van der Waals surface area contributed by atoms with Crippen molar-refractivity contribution >= 4 is 5.91 Å². The molecule has 25 heavy (non-hydrogen) atoms. The lowest BCUT2D eigenvalue weighted by Gasteiger charge is -2.34. The lowest BCUT2D eigenvalue weighted by Crippen LogP contribution is -2.46. The third kappa shape index (κ3) is 3.42. The fraction of sp³-hybridized carbons (Fsp3) is 0.556. The van der Waals surface area contributed by atoms with E-state index in [4.69, 9.17) is 4.42 Å². The highest BCUT2D eigenvalue weighted by Crippen LogP contribution is 2.38. The zero-order valence-corrected chi connectivity index (χ0v) is 14.4. The summed E-state index contributed by atoms with van der Waals surface area (Å²) in [6.45, 7) is 5.19. The van der Waals surface area contributed by atoms with Crippen molar-refractivity contribution in [2.75, 3.05) is 19.6 Å². The average Bonchev–Trinajstić information content (AvgIpc) is 2.93. The molecule has 7 heteroatoms. The van der Waals surface area contributed by atoms with Crippen LogP contribution in [0.3, 0.4) is 0 Å². The molecule has 2 saturated heterocycles. The van der Waals surface area contributed by atoms with E-state index < -0.39 is 0 Å². The zero-order chi connectivity index (χ0) is 17.2. The van der Waals surface area contributed by atoms with Gasteiger partial charge in [0, 0.05) is 38.3 Å². The lowest BCUT2D eigenvalue weighted by atomic mass is 9.75. The minimum absolute atomic E-state index is 0.0217. The summed E-state index contributed by atoms with van der Waals surface area (Å²) in [6, 6.07) is 4.10. The third-order valence-electron chi connectivity index (χ3n) is 5.42. The standard InChI is InChI=1S/C18H23N5O2/c1-12-21-22-18(25-12)16-10-20-17(24)15-5-9-23(8-4-14(15)16)11-13-2-6-19-7-3-13/h2-3,6-7,14-16H,4-5,8-11H2,1H3,(H,20,24)/t14-,15+,16+/m0/s1. The van der Waals surface area contributed by atoms with Crippen molar-refractivity contribution in [1.29, 1.82) is 0 Å². The van der Waals surface area contributed by atoms with E-state index in [0.717, 1.165) is 32.5 Å². The molecule has 0 aliphatic carbocycles. The van der Waals surface area contributed by atoms with Crippen LogP contribution in [0.2, 0.25) is 0 Å². The Morgan fingerprint density at radius 1 is 1.20 bits per heavy atom. The molecule has 2 fully saturated rings. The maximum Gasteiger partial charge on any atom is 0.223 e. The van der Waals surface area contributed by atoms with Crippen LogP contribution in [-0.4, -0.2) is 45.6 Å². The van der Waals surface area contributed by atoms with Crippen molar-refractivity contribution in [2.45, 2.75) is 32.2 Å². The molecule has 2 aromatic rings. The summed E-state index contributed by atoms with van der Waals surface area (Å²) in [5.41, 5.74) is 1.26. The fourth-order valence-corrected chi connectivity index (χ4v) is 4.12. The number of amides is 1. The molecule has 2 aliphatic heterocycles. The molecule has 7 nitrogen and oxygen atoms in total. The van der Waals surface area contributed by atoms with Crippen LogP contribution in [0.1, 0.15) is 36.1 Å². The minimum atomic E-state index is 0.0217. The maximum atomic E-state index is 12.4. The molecule has 0 radical (unpaired) electrons. The molecule has 2 aliphatic rings. The molecule has 2 aromatic heterocycles. The summed E-state index contributed by atoms with van der Waals surface area (Å²) in [5.74, 6) is 1.81. The Morgan fingerprint density at radius 3 is 2.76 bits per heavy atom. The number of carbonyl (C=O) groups excluding carboxylic acids is 1. The minimum Gasteiger partial charge on any atom is -0.425 e.